The van der Waals surface area contributed by atoms with Crippen LogP contribution in [0.25, 0.3) is 0 Å². The molecule has 0 unspecified atom stereocenters. The molecule has 1 nitrogen and oxygen atoms in total. The van der Waals surface area contributed by atoms with Crippen LogP contribution in [0.3, 0.4) is 0 Å². The summed E-state index contributed by atoms with van der Waals surface area (Å²) >= 11 is 2.36. The largest absolute Gasteiger partial charge is 0.283 e. The molecule has 2 aromatic carbocycles. The highest BCUT2D eigenvalue weighted by Gasteiger charge is 2.07. The first-order valence-electron chi connectivity index (χ1n) is 7.15. The topological polar surface area (TPSA) is 3.24 Å². The fourth-order valence-electron chi connectivity index (χ4n) is 2.13. The Morgan fingerprint density at radius 2 is 0.950 bits per heavy atom. The summed E-state index contributed by atoms with van der Waals surface area (Å²) in [6.07, 6.45) is 0. The molecule has 0 aliphatic heterocycles. The third-order valence-corrected chi connectivity index (χ3v) is 4.69. The zero-order chi connectivity index (χ0) is 14.7. The van der Waals surface area contributed by atoms with Crippen molar-refractivity contribution in [2.45, 2.75) is 39.5 Å². The molecule has 0 aromatic heterocycles. The quantitative estimate of drug-likeness (QED) is 0.438. The van der Waals surface area contributed by atoms with Crippen LogP contribution in [0.1, 0.15) is 50.7 Å². The molecule has 0 saturated heterocycles. The lowest BCUT2D eigenvalue weighted by molar-refractivity contribution is 0.866. The van der Waals surface area contributed by atoms with Gasteiger partial charge < -0.3 is 0 Å². The van der Waals surface area contributed by atoms with Crippen LogP contribution in [0.15, 0.2) is 48.5 Å². The molecule has 0 bridgehead atoms. The first-order valence-corrected chi connectivity index (χ1v) is 8.11. The minimum Gasteiger partial charge on any atom is -0.283 e. The number of anilines is 2. The summed E-state index contributed by atoms with van der Waals surface area (Å²) in [5, 5.41) is 0. The van der Waals surface area contributed by atoms with Crippen molar-refractivity contribution in [2.75, 3.05) is 3.11 Å². The van der Waals surface area contributed by atoms with Gasteiger partial charge in [0.2, 0.25) is 0 Å². The Balaban J connectivity index is 2.19. The summed E-state index contributed by atoms with van der Waals surface area (Å²) in [6, 6.07) is 17.6. The average Bonchev–Trinajstić information content (AvgIpc) is 2.46. The highest BCUT2D eigenvalue weighted by molar-refractivity contribution is 14.1. The zero-order valence-corrected chi connectivity index (χ0v) is 14.8. The average molecular weight is 379 g/mol. The van der Waals surface area contributed by atoms with Gasteiger partial charge in [-0.25, -0.2) is 0 Å². The van der Waals surface area contributed by atoms with E-state index in [0.717, 1.165) is 0 Å². The summed E-state index contributed by atoms with van der Waals surface area (Å²) in [5.74, 6) is 1.16. The van der Waals surface area contributed by atoms with Crippen molar-refractivity contribution >= 4 is 34.2 Å². The van der Waals surface area contributed by atoms with Crippen molar-refractivity contribution in [2.24, 2.45) is 0 Å². The van der Waals surface area contributed by atoms with Crippen LogP contribution in [0, 0.1) is 0 Å². The van der Waals surface area contributed by atoms with Crippen molar-refractivity contribution in [3.05, 3.63) is 59.7 Å². The molecule has 0 aliphatic rings. The summed E-state index contributed by atoms with van der Waals surface area (Å²) in [6.45, 7) is 8.89. The molecule has 0 heterocycles. The standard InChI is InChI=1S/C18H22IN/c1-13(2)15-5-9-17(10-6-15)20(19)18-11-7-16(8-12-18)14(3)4/h5-14H,1-4H3. The molecule has 0 amide bonds. The molecule has 0 spiro atoms. The van der Waals surface area contributed by atoms with E-state index < -0.39 is 0 Å². The maximum Gasteiger partial charge on any atom is 0.0646 e. The molecule has 0 aliphatic carbocycles. The highest BCUT2D eigenvalue weighted by atomic mass is 127. The van der Waals surface area contributed by atoms with E-state index in [1.54, 1.807) is 0 Å². The maximum atomic E-state index is 2.36. The number of hydrogen-bond acceptors (Lipinski definition) is 1. The molecule has 0 atom stereocenters. The predicted molar refractivity (Wildman–Crippen MR) is 97.2 cm³/mol. The molecule has 0 saturated carbocycles. The van der Waals surface area contributed by atoms with E-state index >= 15 is 0 Å². The summed E-state index contributed by atoms with van der Waals surface area (Å²) < 4.78 is 2.20. The van der Waals surface area contributed by atoms with Crippen molar-refractivity contribution < 1.29 is 0 Å². The van der Waals surface area contributed by atoms with Gasteiger partial charge in [0.05, 0.1) is 34.2 Å². The van der Waals surface area contributed by atoms with Gasteiger partial charge in [0, 0.05) is 0 Å². The number of hydrogen-bond donors (Lipinski definition) is 0. The fourth-order valence-corrected chi connectivity index (χ4v) is 2.77. The Hall–Kier alpha value is -1.03. The summed E-state index contributed by atoms with van der Waals surface area (Å²) in [4.78, 5) is 0. The first-order chi connectivity index (χ1) is 9.49. The molecular formula is C18H22IN. The third-order valence-electron chi connectivity index (χ3n) is 3.57. The minimum atomic E-state index is 0.581. The normalized spacial score (nSPS) is 11.2. The first kappa shape index (κ1) is 15.4. The van der Waals surface area contributed by atoms with E-state index in [-0.39, 0.29) is 0 Å². The van der Waals surface area contributed by atoms with E-state index in [4.69, 9.17) is 0 Å². The smallest absolute Gasteiger partial charge is 0.0646 e. The van der Waals surface area contributed by atoms with Crippen LogP contribution in [-0.4, -0.2) is 0 Å². The SMILES string of the molecule is CC(C)c1ccc(N(I)c2ccc(C(C)C)cc2)cc1. The number of benzene rings is 2. The van der Waals surface area contributed by atoms with E-state index in [1.807, 2.05) is 0 Å². The van der Waals surface area contributed by atoms with Gasteiger partial charge in [-0.1, -0.05) is 52.0 Å². The Morgan fingerprint density at radius 3 is 1.20 bits per heavy atom. The molecule has 0 fully saturated rings. The van der Waals surface area contributed by atoms with E-state index in [2.05, 4.69) is 102 Å². The Morgan fingerprint density at radius 1 is 0.650 bits per heavy atom. The van der Waals surface area contributed by atoms with Crippen molar-refractivity contribution in [3.63, 3.8) is 0 Å². The fraction of sp³-hybridized carbons (Fsp3) is 0.333. The number of halogens is 1. The van der Waals surface area contributed by atoms with Gasteiger partial charge in [-0.3, -0.25) is 3.11 Å². The molecule has 0 radical (unpaired) electrons. The second-order valence-corrected chi connectivity index (χ2v) is 6.74. The van der Waals surface area contributed by atoms with Gasteiger partial charge in [0.1, 0.15) is 0 Å². The van der Waals surface area contributed by atoms with E-state index in [0.29, 0.717) is 11.8 Å². The zero-order valence-electron chi connectivity index (χ0n) is 12.6. The Labute approximate surface area is 136 Å². The lowest BCUT2D eigenvalue weighted by Gasteiger charge is -2.18. The lowest BCUT2D eigenvalue weighted by atomic mass is 10.0. The van der Waals surface area contributed by atoms with Gasteiger partial charge in [-0.05, 0) is 47.2 Å². The highest BCUT2D eigenvalue weighted by Crippen LogP contribution is 2.31. The van der Waals surface area contributed by atoms with Crippen molar-refractivity contribution in [1.29, 1.82) is 0 Å². The molecule has 20 heavy (non-hydrogen) atoms. The lowest BCUT2D eigenvalue weighted by Crippen LogP contribution is -2.01. The van der Waals surface area contributed by atoms with Crippen molar-refractivity contribution in [1.82, 2.24) is 0 Å². The monoisotopic (exact) mass is 379 g/mol. The molecular weight excluding hydrogens is 357 g/mol. The van der Waals surface area contributed by atoms with Crippen LogP contribution in [0.4, 0.5) is 11.4 Å². The van der Waals surface area contributed by atoms with Crippen LogP contribution in [0.2, 0.25) is 0 Å². The van der Waals surface area contributed by atoms with Crippen LogP contribution in [-0.2, 0) is 0 Å². The van der Waals surface area contributed by atoms with Gasteiger partial charge in [0.15, 0.2) is 0 Å². The van der Waals surface area contributed by atoms with Gasteiger partial charge in [-0.2, -0.15) is 0 Å². The minimum absolute atomic E-state index is 0.581. The second-order valence-electron chi connectivity index (χ2n) is 5.77. The Bertz CT molecular complexity index is 489. The summed E-state index contributed by atoms with van der Waals surface area (Å²) in [5.41, 5.74) is 5.20. The molecule has 0 N–H and O–H groups in total. The molecule has 2 heteroatoms. The predicted octanol–water partition coefficient (Wildman–Crippen LogP) is 6.42. The van der Waals surface area contributed by atoms with Gasteiger partial charge >= 0.3 is 0 Å². The van der Waals surface area contributed by atoms with Crippen molar-refractivity contribution in [3.8, 4) is 0 Å². The molecule has 2 aromatic rings. The second kappa shape index (κ2) is 6.61. The van der Waals surface area contributed by atoms with E-state index in [1.165, 1.54) is 22.5 Å². The maximum absolute atomic E-state index is 2.36. The Kier molecular flexibility index (Phi) is 5.08. The summed E-state index contributed by atoms with van der Waals surface area (Å²) in [7, 11) is 0. The van der Waals surface area contributed by atoms with Crippen LogP contribution in [0.5, 0.6) is 0 Å². The number of nitrogens with zero attached hydrogens (tertiary/aromatic N) is 1. The molecule has 106 valence electrons. The third kappa shape index (κ3) is 3.54. The van der Waals surface area contributed by atoms with Gasteiger partial charge in [-0.15, -0.1) is 0 Å². The number of rotatable bonds is 4. The molecule has 2 rings (SSSR count). The van der Waals surface area contributed by atoms with Gasteiger partial charge in [0.25, 0.3) is 0 Å². The van der Waals surface area contributed by atoms with Crippen LogP contribution >= 0.6 is 22.9 Å². The van der Waals surface area contributed by atoms with Crippen LogP contribution < -0.4 is 3.11 Å². The van der Waals surface area contributed by atoms with E-state index in [9.17, 15) is 0 Å².